The van der Waals surface area contributed by atoms with Crippen molar-refractivity contribution in [1.82, 2.24) is 4.31 Å². The number of benzene rings is 1. The van der Waals surface area contributed by atoms with Crippen molar-refractivity contribution in [3.05, 3.63) is 33.9 Å². The normalized spacial score (nSPS) is 15.4. The molecule has 0 amide bonds. The summed E-state index contributed by atoms with van der Waals surface area (Å²) in [7, 11) is -9.32. The summed E-state index contributed by atoms with van der Waals surface area (Å²) in [5.41, 5.74) is 3.54. The van der Waals surface area contributed by atoms with Crippen molar-refractivity contribution in [2.75, 3.05) is 46.3 Å². The molecule has 10 nitrogen and oxygen atoms in total. The maximum Gasteiger partial charge on any atom is 0.342 e. The SMILES string of the molecule is CCOP(=O)(OCC)C(CN(CC(C)=CCc1c(OC)c(C)c2c(c1OCC[Si](C)(C)C)C(=O)OC2)S(C)(=O)=O)[Si](C)(C)C. The molecule has 0 spiro atoms. The van der Waals surface area contributed by atoms with Gasteiger partial charge in [0.25, 0.3) is 0 Å². The Bertz CT molecular complexity index is 1360. The predicted molar refractivity (Wildman–Crippen MR) is 182 cm³/mol. The molecule has 0 bridgehead atoms. The van der Waals surface area contributed by atoms with E-state index in [1.807, 2.05) is 39.6 Å². The highest BCUT2D eigenvalue weighted by molar-refractivity contribution is 7.88. The predicted octanol–water partition coefficient (Wildman–Crippen LogP) is 6.65. The molecule has 0 saturated carbocycles. The zero-order chi connectivity index (χ0) is 33.7. The van der Waals surface area contributed by atoms with E-state index in [0.717, 1.165) is 34.6 Å². The van der Waals surface area contributed by atoms with Crippen molar-refractivity contribution in [2.24, 2.45) is 0 Å². The van der Waals surface area contributed by atoms with Crippen LogP contribution >= 0.6 is 7.60 Å². The number of carbonyl (C=O) groups is 1. The fourth-order valence-electron chi connectivity index (χ4n) is 5.18. The molecular weight excluding hydrogens is 638 g/mol. The van der Waals surface area contributed by atoms with Gasteiger partial charge < -0.3 is 23.3 Å². The third-order valence-corrected chi connectivity index (χ3v) is 18.2. The summed E-state index contributed by atoms with van der Waals surface area (Å²) in [6, 6.07) is 0.913. The lowest BCUT2D eigenvalue weighted by Gasteiger charge is -2.37. The average Bonchev–Trinajstić information content (AvgIpc) is 3.26. The maximum atomic E-state index is 13.9. The smallest absolute Gasteiger partial charge is 0.342 e. The van der Waals surface area contributed by atoms with Crippen LogP contribution in [0.5, 0.6) is 11.5 Å². The average molecular weight is 692 g/mol. The number of methoxy groups -OCH3 is 1. The molecule has 44 heavy (non-hydrogen) atoms. The van der Waals surface area contributed by atoms with Gasteiger partial charge >= 0.3 is 13.6 Å². The Kier molecular flexibility index (Phi) is 13.6. The van der Waals surface area contributed by atoms with Crippen LogP contribution in [0.2, 0.25) is 45.3 Å². The van der Waals surface area contributed by atoms with E-state index < -0.39 is 45.0 Å². The van der Waals surface area contributed by atoms with Crippen LogP contribution in [-0.2, 0) is 41.4 Å². The number of esters is 1. The Labute approximate surface area is 267 Å². The van der Waals surface area contributed by atoms with Gasteiger partial charge in [-0.15, -0.1) is 0 Å². The van der Waals surface area contributed by atoms with Gasteiger partial charge in [-0.1, -0.05) is 50.9 Å². The minimum Gasteiger partial charge on any atom is -0.496 e. The summed E-state index contributed by atoms with van der Waals surface area (Å²) in [4.78, 5) is 12.8. The van der Waals surface area contributed by atoms with Crippen LogP contribution in [0.4, 0.5) is 0 Å². The van der Waals surface area contributed by atoms with Gasteiger partial charge in [0.15, 0.2) is 0 Å². The molecule has 1 atom stereocenters. The first-order valence-corrected chi connectivity index (χ1v) is 26.0. The van der Waals surface area contributed by atoms with E-state index in [1.165, 1.54) is 4.31 Å². The van der Waals surface area contributed by atoms with Crippen molar-refractivity contribution in [1.29, 1.82) is 0 Å². The molecule has 1 heterocycles. The van der Waals surface area contributed by atoms with Crippen LogP contribution in [0.1, 0.15) is 47.8 Å². The highest BCUT2D eigenvalue weighted by atomic mass is 32.2. The van der Waals surface area contributed by atoms with Crippen molar-refractivity contribution in [2.45, 2.75) is 91.3 Å². The number of carbonyl (C=O) groups excluding carboxylic acids is 1. The molecule has 252 valence electrons. The lowest BCUT2D eigenvalue weighted by molar-refractivity contribution is 0.0532. The number of rotatable bonds is 18. The number of cyclic esters (lactones) is 1. The number of nitrogens with zero attached hydrogens (tertiary/aromatic N) is 1. The number of hydrogen-bond donors (Lipinski definition) is 0. The second-order valence-electron chi connectivity index (χ2n) is 13.6. The van der Waals surface area contributed by atoms with Gasteiger partial charge in [-0.05, 0) is 45.7 Å². The lowest BCUT2D eigenvalue weighted by Crippen LogP contribution is -2.48. The van der Waals surface area contributed by atoms with Crippen molar-refractivity contribution in [3.63, 3.8) is 0 Å². The summed E-state index contributed by atoms with van der Waals surface area (Å²) < 4.78 is 70.4. The zero-order valence-electron chi connectivity index (χ0n) is 28.8. The number of fused-ring (bicyclic) bond motifs is 1. The lowest BCUT2D eigenvalue weighted by atomic mass is 9.95. The van der Waals surface area contributed by atoms with E-state index in [9.17, 15) is 17.8 Å². The van der Waals surface area contributed by atoms with Gasteiger partial charge in [0, 0.05) is 32.3 Å². The van der Waals surface area contributed by atoms with Crippen LogP contribution in [0, 0.1) is 6.92 Å². The monoisotopic (exact) mass is 691 g/mol. The van der Waals surface area contributed by atoms with Gasteiger partial charge in [-0.3, -0.25) is 4.57 Å². The molecule has 1 unspecified atom stereocenters. The molecule has 1 aromatic carbocycles. The second kappa shape index (κ2) is 15.4. The number of ether oxygens (including phenoxy) is 3. The number of sulfonamides is 1. The van der Waals surface area contributed by atoms with Crippen LogP contribution in [0.15, 0.2) is 11.6 Å². The molecule has 1 aromatic rings. The zero-order valence-corrected chi connectivity index (χ0v) is 32.5. The Morgan fingerprint density at radius 1 is 1.09 bits per heavy atom. The van der Waals surface area contributed by atoms with Gasteiger partial charge in [-0.25, -0.2) is 13.2 Å². The molecule has 1 aliphatic rings. The second-order valence-corrected chi connectivity index (χ2v) is 29.4. The van der Waals surface area contributed by atoms with E-state index >= 15 is 0 Å². The molecule has 0 aromatic heterocycles. The molecule has 2 rings (SSSR count). The first-order chi connectivity index (χ1) is 20.2. The van der Waals surface area contributed by atoms with E-state index in [0.29, 0.717) is 30.1 Å². The molecule has 1 aliphatic heterocycles. The Hall–Kier alpha value is -1.48. The topological polar surface area (TPSA) is 118 Å². The van der Waals surface area contributed by atoms with Gasteiger partial charge in [-0.2, -0.15) is 4.31 Å². The van der Waals surface area contributed by atoms with E-state index in [-0.39, 0.29) is 32.9 Å². The largest absolute Gasteiger partial charge is 0.496 e. The van der Waals surface area contributed by atoms with E-state index in [1.54, 1.807) is 21.0 Å². The third-order valence-electron chi connectivity index (χ3n) is 7.65. The van der Waals surface area contributed by atoms with Gasteiger partial charge in [0.05, 0.1) is 46.5 Å². The van der Waals surface area contributed by atoms with Crippen LogP contribution in [-0.4, -0.2) is 86.4 Å². The highest BCUT2D eigenvalue weighted by Crippen LogP contribution is 2.56. The molecule has 0 radical (unpaired) electrons. The van der Waals surface area contributed by atoms with E-state index in [2.05, 4.69) is 19.6 Å². The first kappa shape index (κ1) is 38.7. The summed E-state index contributed by atoms with van der Waals surface area (Å²) in [6.07, 6.45) is 3.45. The Morgan fingerprint density at radius 3 is 2.16 bits per heavy atom. The molecule has 0 N–H and O–H groups in total. The molecular formula is C30H54NO9PSSi2. The van der Waals surface area contributed by atoms with Crippen molar-refractivity contribution in [3.8, 4) is 11.5 Å². The summed E-state index contributed by atoms with van der Waals surface area (Å²) in [6.45, 7) is 21.4. The molecule has 14 heteroatoms. The standard InChI is InChI=1S/C30H54NO9PSSi2/c1-13-39-41(33,40-14-2)26(44(10,11)12)20-31(42(6,34)35)19-22(3)15-16-24-28(36-5)23(4)25-21-38-30(32)27(25)29(24)37-17-18-43(7,8)9/h15,26H,13-14,16-21H2,1-12H3. The quantitative estimate of drug-likeness (QED) is 0.0722. The number of allylic oxidation sites excluding steroid dienone is 1. The Morgan fingerprint density at radius 2 is 1.68 bits per heavy atom. The third kappa shape index (κ3) is 10.0. The molecule has 0 aliphatic carbocycles. The summed E-state index contributed by atoms with van der Waals surface area (Å²) in [5.74, 6) is 0.687. The molecule has 0 saturated heterocycles. The van der Waals surface area contributed by atoms with Crippen LogP contribution in [0.3, 0.4) is 0 Å². The Balaban J connectivity index is 2.51. The van der Waals surface area contributed by atoms with Crippen molar-refractivity contribution >= 4 is 39.7 Å². The molecule has 0 fully saturated rings. The highest BCUT2D eigenvalue weighted by Gasteiger charge is 2.46. The minimum absolute atomic E-state index is 0.0230. The fraction of sp³-hybridized carbons (Fsp3) is 0.700. The first-order valence-electron chi connectivity index (χ1n) is 15.2. The van der Waals surface area contributed by atoms with Gasteiger partial charge in [0.2, 0.25) is 10.0 Å². The fourth-order valence-corrected chi connectivity index (χ4v) is 13.6. The van der Waals surface area contributed by atoms with Crippen molar-refractivity contribution < 1.29 is 41.0 Å². The van der Waals surface area contributed by atoms with Gasteiger partial charge in [0.1, 0.15) is 23.7 Å². The number of hydrogen-bond acceptors (Lipinski definition) is 9. The van der Waals surface area contributed by atoms with Crippen LogP contribution < -0.4 is 9.47 Å². The van der Waals surface area contributed by atoms with Crippen LogP contribution in [0.25, 0.3) is 0 Å². The summed E-state index contributed by atoms with van der Waals surface area (Å²) >= 11 is 0. The minimum atomic E-state index is -3.68. The van der Waals surface area contributed by atoms with E-state index in [4.69, 9.17) is 23.3 Å². The maximum absolute atomic E-state index is 13.9. The summed E-state index contributed by atoms with van der Waals surface area (Å²) in [5, 5.41) is -0.561.